The molecule has 112 valence electrons. The van der Waals surface area contributed by atoms with Gasteiger partial charge in [-0.3, -0.25) is 4.79 Å². The summed E-state index contributed by atoms with van der Waals surface area (Å²) >= 11 is 0. The second-order valence-corrected chi connectivity index (χ2v) is 5.98. The zero-order chi connectivity index (χ0) is 15.1. The molecule has 0 N–H and O–H groups in total. The van der Waals surface area contributed by atoms with Gasteiger partial charge in [0.1, 0.15) is 0 Å². The van der Waals surface area contributed by atoms with Gasteiger partial charge in [-0.05, 0) is 44.1 Å². The molecule has 1 rings (SSSR count). The van der Waals surface area contributed by atoms with Gasteiger partial charge in [0, 0.05) is 12.0 Å². The van der Waals surface area contributed by atoms with E-state index in [0.717, 1.165) is 43.3 Å². The van der Waals surface area contributed by atoms with Crippen LogP contribution in [0.4, 0.5) is 0 Å². The van der Waals surface area contributed by atoms with Gasteiger partial charge >= 0.3 is 0 Å². The number of Topliss-reactive ketones (excluding diaryl/α,β-unsaturated/α-hetero) is 1. The molecule has 0 saturated carbocycles. The molecule has 1 atom stereocenters. The quantitative estimate of drug-likeness (QED) is 0.575. The van der Waals surface area contributed by atoms with Crippen LogP contribution in [0.1, 0.15) is 73.1 Å². The lowest BCUT2D eigenvalue weighted by Crippen LogP contribution is -2.02. The van der Waals surface area contributed by atoms with Crippen LogP contribution in [0.3, 0.4) is 0 Å². The van der Waals surface area contributed by atoms with E-state index >= 15 is 0 Å². The van der Waals surface area contributed by atoms with Gasteiger partial charge in [0.2, 0.25) is 0 Å². The first-order chi connectivity index (χ1) is 9.53. The Morgan fingerprint density at radius 3 is 2.50 bits per heavy atom. The van der Waals surface area contributed by atoms with E-state index in [4.69, 9.17) is 0 Å². The van der Waals surface area contributed by atoms with Crippen LogP contribution < -0.4 is 0 Å². The van der Waals surface area contributed by atoms with Crippen LogP contribution in [0, 0.1) is 5.92 Å². The molecule has 0 aromatic rings. The minimum absolute atomic E-state index is 0.317. The van der Waals surface area contributed by atoms with Crippen molar-refractivity contribution in [2.75, 3.05) is 0 Å². The van der Waals surface area contributed by atoms with Crippen LogP contribution in [-0.2, 0) is 4.79 Å². The van der Waals surface area contributed by atoms with Gasteiger partial charge in [0.05, 0.1) is 0 Å². The molecule has 0 fully saturated rings. The largest absolute Gasteiger partial charge is 0.294 e. The van der Waals surface area contributed by atoms with Gasteiger partial charge in [-0.15, -0.1) is 0 Å². The first-order valence-corrected chi connectivity index (χ1v) is 8.17. The maximum absolute atomic E-state index is 12.4. The van der Waals surface area contributed by atoms with Crippen LogP contribution in [0.25, 0.3) is 0 Å². The summed E-state index contributed by atoms with van der Waals surface area (Å²) in [6.07, 6.45) is 10.4. The van der Waals surface area contributed by atoms with Crippen molar-refractivity contribution >= 4 is 5.78 Å². The first-order valence-electron chi connectivity index (χ1n) is 8.17. The predicted octanol–water partition coefficient (Wildman–Crippen LogP) is 5.77. The first kappa shape index (κ1) is 16.9. The van der Waals surface area contributed by atoms with Crippen molar-refractivity contribution in [3.63, 3.8) is 0 Å². The van der Waals surface area contributed by atoms with Crippen LogP contribution >= 0.6 is 0 Å². The topological polar surface area (TPSA) is 17.1 Å². The van der Waals surface area contributed by atoms with Crippen molar-refractivity contribution in [3.8, 4) is 0 Å². The van der Waals surface area contributed by atoms with E-state index in [1.54, 1.807) is 0 Å². The summed E-state index contributed by atoms with van der Waals surface area (Å²) in [7, 11) is 0. The van der Waals surface area contributed by atoms with Gasteiger partial charge in [-0.1, -0.05) is 57.4 Å². The SMILES string of the molecule is CCCCC(=O)C1=C(C)C=C(C(C)CC)CC(CC)=C1. The minimum Gasteiger partial charge on any atom is -0.294 e. The molecular weight excluding hydrogens is 244 g/mol. The number of rotatable bonds is 7. The predicted molar refractivity (Wildman–Crippen MR) is 87.8 cm³/mol. The Labute approximate surface area is 124 Å². The van der Waals surface area contributed by atoms with Gasteiger partial charge in [-0.25, -0.2) is 0 Å². The molecule has 0 aliphatic heterocycles. The maximum atomic E-state index is 12.4. The van der Waals surface area contributed by atoms with E-state index < -0.39 is 0 Å². The summed E-state index contributed by atoms with van der Waals surface area (Å²) < 4.78 is 0. The van der Waals surface area contributed by atoms with Crippen molar-refractivity contribution in [2.24, 2.45) is 5.92 Å². The number of unbranched alkanes of at least 4 members (excludes halogenated alkanes) is 1. The molecular formula is C19H30O. The van der Waals surface area contributed by atoms with Crippen molar-refractivity contribution in [3.05, 3.63) is 34.4 Å². The molecule has 0 radical (unpaired) electrons. The fraction of sp³-hybridized carbons (Fsp3) is 0.632. The summed E-state index contributed by atoms with van der Waals surface area (Å²) in [6.45, 7) is 10.9. The second kappa shape index (κ2) is 8.24. The van der Waals surface area contributed by atoms with E-state index in [2.05, 4.69) is 46.8 Å². The molecule has 0 aromatic carbocycles. The molecule has 0 aromatic heterocycles. The summed E-state index contributed by atoms with van der Waals surface area (Å²) in [5.41, 5.74) is 4.99. The number of hydrogen-bond donors (Lipinski definition) is 0. The van der Waals surface area contributed by atoms with Crippen LogP contribution in [-0.4, -0.2) is 5.78 Å². The van der Waals surface area contributed by atoms with Crippen molar-refractivity contribution < 1.29 is 4.79 Å². The van der Waals surface area contributed by atoms with Crippen molar-refractivity contribution in [2.45, 2.75) is 73.1 Å². The Hall–Kier alpha value is -1.11. The Morgan fingerprint density at radius 2 is 1.95 bits per heavy atom. The third-order valence-corrected chi connectivity index (χ3v) is 4.36. The van der Waals surface area contributed by atoms with Crippen LogP contribution in [0.2, 0.25) is 0 Å². The zero-order valence-corrected chi connectivity index (χ0v) is 13.9. The lowest BCUT2D eigenvalue weighted by molar-refractivity contribution is -0.115. The summed E-state index contributed by atoms with van der Waals surface area (Å²) in [5.74, 6) is 0.918. The lowest BCUT2D eigenvalue weighted by atomic mass is 9.91. The highest BCUT2D eigenvalue weighted by atomic mass is 16.1. The van der Waals surface area contributed by atoms with Gasteiger partial charge in [0.15, 0.2) is 5.78 Å². The van der Waals surface area contributed by atoms with E-state index in [-0.39, 0.29) is 0 Å². The Balaban J connectivity index is 3.11. The van der Waals surface area contributed by atoms with Gasteiger partial charge < -0.3 is 0 Å². The zero-order valence-electron chi connectivity index (χ0n) is 13.9. The normalized spacial score (nSPS) is 17.4. The second-order valence-electron chi connectivity index (χ2n) is 5.98. The standard InChI is InChI=1S/C19H30O/c1-6-9-10-19(20)18-13-16(8-3)12-17(11-15(18)5)14(4)7-2/h11,13-14H,6-10,12H2,1-5H3. The summed E-state index contributed by atoms with van der Waals surface area (Å²) in [4.78, 5) is 12.4. The Morgan fingerprint density at radius 1 is 1.25 bits per heavy atom. The molecule has 1 unspecified atom stereocenters. The summed E-state index contributed by atoms with van der Waals surface area (Å²) in [6, 6.07) is 0. The van der Waals surface area contributed by atoms with Gasteiger partial charge in [-0.2, -0.15) is 0 Å². The minimum atomic E-state index is 0.317. The number of ketones is 1. The molecule has 0 amide bonds. The number of allylic oxidation sites excluding steroid dienone is 6. The monoisotopic (exact) mass is 274 g/mol. The molecule has 1 nitrogen and oxygen atoms in total. The number of hydrogen-bond acceptors (Lipinski definition) is 1. The molecule has 0 saturated heterocycles. The summed E-state index contributed by atoms with van der Waals surface area (Å²) in [5, 5.41) is 0. The maximum Gasteiger partial charge on any atom is 0.163 e. The average Bonchev–Trinajstić information content (AvgIpc) is 2.62. The lowest BCUT2D eigenvalue weighted by Gasteiger charge is -2.14. The third-order valence-electron chi connectivity index (χ3n) is 4.36. The number of carbonyl (C=O) groups is 1. The molecule has 0 spiro atoms. The van der Waals surface area contributed by atoms with E-state index in [1.165, 1.54) is 11.1 Å². The Bertz CT molecular complexity index is 435. The molecule has 0 bridgehead atoms. The fourth-order valence-electron chi connectivity index (χ4n) is 2.62. The third kappa shape index (κ3) is 4.47. The van der Waals surface area contributed by atoms with Crippen LogP contribution in [0.5, 0.6) is 0 Å². The average molecular weight is 274 g/mol. The number of carbonyl (C=O) groups excluding carboxylic acids is 1. The molecule has 1 heteroatoms. The van der Waals surface area contributed by atoms with E-state index in [9.17, 15) is 4.79 Å². The van der Waals surface area contributed by atoms with Crippen molar-refractivity contribution in [1.29, 1.82) is 0 Å². The smallest absolute Gasteiger partial charge is 0.163 e. The highest BCUT2D eigenvalue weighted by Gasteiger charge is 2.17. The molecule has 20 heavy (non-hydrogen) atoms. The molecule has 1 aliphatic rings. The van der Waals surface area contributed by atoms with Crippen LogP contribution in [0.15, 0.2) is 34.4 Å². The highest BCUT2D eigenvalue weighted by molar-refractivity contribution is 5.99. The van der Waals surface area contributed by atoms with Gasteiger partial charge in [0.25, 0.3) is 0 Å². The van der Waals surface area contributed by atoms with E-state index in [0.29, 0.717) is 18.1 Å². The molecule has 0 heterocycles. The van der Waals surface area contributed by atoms with Crippen molar-refractivity contribution in [1.82, 2.24) is 0 Å². The molecule has 1 aliphatic carbocycles. The Kier molecular flexibility index (Phi) is 6.98. The highest BCUT2D eigenvalue weighted by Crippen LogP contribution is 2.30. The van der Waals surface area contributed by atoms with E-state index in [1.807, 2.05) is 0 Å². The fourth-order valence-corrected chi connectivity index (χ4v) is 2.62.